The van der Waals surface area contributed by atoms with Gasteiger partial charge in [-0.15, -0.1) is 11.3 Å². The van der Waals surface area contributed by atoms with E-state index in [1.165, 1.54) is 50.0 Å². The number of nitrogens with zero attached hydrogens (tertiary/aromatic N) is 1. The first kappa shape index (κ1) is 15.0. The van der Waals surface area contributed by atoms with Gasteiger partial charge < -0.3 is 5.32 Å². The Balaban J connectivity index is 1.84. The topological polar surface area (TPSA) is 24.9 Å². The van der Waals surface area contributed by atoms with Crippen molar-refractivity contribution in [2.45, 2.75) is 77.3 Å². The molecule has 0 aromatic carbocycles. The maximum absolute atomic E-state index is 4.48. The highest BCUT2D eigenvalue weighted by Crippen LogP contribution is 2.29. The lowest BCUT2D eigenvalue weighted by Gasteiger charge is -2.22. The quantitative estimate of drug-likeness (QED) is 0.747. The third kappa shape index (κ3) is 4.57. The van der Waals surface area contributed by atoms with Crippen molar-refractivity contribution in [3.63, 3.8) is 0 Å². The molecule has 0 radical (unpaired) electrons. The Labute approximate surface area is 122 Å². The van der Waals surface area contributed by atoms with Crippen LogP contribution in [0.5, 0.6) is 0 Å². The molecule has 1 aromatic heterocycles. The van der Waals surface area contributed by atoms with Gasteiger partial charge in [0.05, 0.1) is 6.04 Å². The first-order valence-electron chi connectivity index (χ1n) is 7.98. The summed E-state index contributed by atoms with van der Waals surface area (Å²) in [6.07, 6.45) is 12.8. The molecule has 3 unspecified atom stereocenters. The molecule has 3 heteroatoms. The second kappa shape index (κ2) is 8.01. The van der Waals surface area contributed by atoms with Gasteiger partial charge in [0, 0.05) is 17.6 Å². The van der Waals surface area contributed by atoms with Gasteiger partial charge in [-0.05, 0) is 31.6 Å². The van der Waals surface area contributed by atoms with E-state index in [1.54, 1.807) is 11.3 Å². The average Bonchev–Trinajstić information content (AvgIpc) is 2.86. The summed E-state index contributed by atoms with van der Waals surface area (Å²) in [5.41, 5.74) is 0. The van der Waals surface area contributed by atoms with Gasteiger partial charge in [0.15, 0.2) is 0 Å². The molecule has 1 aliphatic rings. The van der Waals surface area contributed by atoms with E-state index in [1.807, 2.05) is 6.20 Å². The molecule has 1 aliphatic carbocycles. The highest BCUT2D eigenvalue weighted by Gasteiger charge is 2.21. The van der Waals surface area contributed by atoms with Crippen LogP contribution in [-0.4, -0.2) is 11.0 Å². The van der Waals surface area contributed by atoms with Crippen molar-refractivity contribution in [2.24, 2.45) is 5.92 Å². The summed E-state index contributed by atoms with van der Waals surface area (Å²) in [5.74, 6) is 0.983. The maximum atomic E-state index is 4.48. The Morgan fingerprint density at radius 2 is 2.21 bits per heavy atom. The van der Waals surface area contributed by atoms with Crippen LogP contribution in [0.2, 0.25) is 0 Å². The Hall–Kier alpha value is -0.410. The minimum atomic E-state index is 0.465. The summed E-state index contributed by atoms with van der Waals surface area (Å²) in [6, 6.07) is 1.17. The van der Waals surface area contributed by atoms with E-state index >= 15 is 0 Å². The zero-order valence-electron chi connectivity index (χ0n) is 12.4. The molecule has 3 atom stereocenters. The minimum absolute atomic E-state index is 0.465. The van der Waals surface area contributed by atoms with E-state index in [0.717, 1.165) is 12.3 Å². The molecule has 0 amide bonds. The second-order valence-corrected chi connectivity index (χ2v) is 6.78. The number of hydrogen-bond donors (Lipinski definition) is 1. The number of hydrogen-bond acceptors (Lipinski definition) is 3. The lowest BCUT2D eigenvalue weighted by molar-refractivity contribution is 0.378. The SMILES string of the molecule is CCCC1CCCC(NC(CC)c2nccs2)CC1. The Kier molecular flexibility index (Phi) is 6.32. The van der Waals surface area contributed by atoms with Crippen LogP contribution in [0, 0.1) is 5.92 Å². The van der Waals surface area contributed by atoms with Crippen LogP contribution in [0.3, 0.4) is 0 Å². The van der Waals surface area contributed by atoms with E-state index in [9.17, 15) is 0 Å². The summed E-state index contributed by atoms with van der Waals surface area (Å²) in [4.78, 5) is 4.48. The summed E-state index contributed by atoms with van der Waals surface area (Å²) in [6.45, 7) is 4.58. The molecular weight excluding hydrogens is 252 g/mol. The van der Waals surface area contributed by atoms with Crippen LogP contribution < -0.4 is 5.32 Å². The van der Waals surface area contributed by atoms with Gasteiger partial charge in [0.1, 0.15) is 5.01 Å². The van der Waals surface area contributed by atoms with Gasteiger partial charge in [0.2, 0.25) is 0 Å². The normalized spacial score (nSPS) is 26.0. The summed E-state index contributed by atoms with van der Waals surface area (Å²) in [7, 11) is 0. The van der Waals surface area contributed by atoms with Gasteiger partial charge >= 0.3 is 0 Å². The van der Waals surface area contributed by atoms with Crippen molar-refractivity contribution in [3.8, 4) is 0 Å². The number of rotatable bonds is 6. The van der Waals surface area contributed by atoms with Crippen molar-refractivity contribution in [1.29, 1.82) is 0 Å². The molecule has 1 N–H and O–H groups in total. The molecule has 0 bridgehead atoms. The van der Waals surface area contributed by atoms with Gasteiger partial charge in [0.25, 0.3) is 0 Å². The first-order chi connectivity index (χ1) is 9.33. The molecule has 2 nitrogen and oxygen atoms in total. The molecule has 1 fully saturated rings. The Bertz CT molecular complexity index is 337. The van der Waals surface area contributed by atoms with Crippen molar-refractivity contribution >= 4 is 11.3 Å². The van der Waals surface area contributed by atoms with E-state index in [0.29, 0.717) is 12.1 Å². The minimum Gasteiger partial charge on any atom is -0.305 e. The predicted octanol–water partition coefficient (Wildman–Crippen LogP) is 4.93. The molecule has 0 saturated heterocycles. The van der Waals surface area contributed by atoms with Crippen LogP contribution in [0.4, 0.5) is 0 Å². The molecule has 1 saturated carbocycles. The molecule has 0 spiro atoms. The van der Waals surface area contributed by atoms with Gasteiger partial charge in [-0.1, -0.05) is 39.5 Å². The van der Waals surface area contributed by atoms with Crippen LogP contribution in [0.25, 0.3) is 0 Å². The lowest BCUT2D eigenvalue weighted by atomic mass is 9.95. The van der Waals surface area contributed by atoms with Crippen LogP contribution in [-0.2, 0) is 0 Å². The smallest absolute Gasteiger partial charge is 0.109 e. The van der Waals surface area contributed by atoms with Gasteiger partial charge in [-0.2, -0.15) is 0 Å². The predicted molar refractivity (Wildman–Crippen MR) is 83.6 cm³/mol. The van der Waals surface area contributed by atoms with Crippen molar-refractivity contribution < 1.29 is 0 Å². The fourth-order valence-corrected chi connectivity index (χ4v) is 4.08. The molecule has 0 aliphatic heterocycles. The summed E-state index contributed by atoms with van der Waals surface area (Å²) < 4.78 is 0. The average molecular weight is 280 g/mol. The molecule has 1 heterocycles. The van der Waals surface area contributed by atoms with Crippen LogP contribution >= 0.6 is 11.3 Å². The molecule has 2 rings (SSSR count). The number of nitrogens with one attached hydrogen (secondary N) is 1. The van der Waals surface area contributed by atoms with E-state index in [2.05, 4.69) is 29.5 Å². The van der Waals surface area contributed by atoms with E-state index < -0.39 is 0 Å². The zero-order chi connectivity index (χ0) is 13.5. The fraction of sp³-hybridized carbons (Fsp3) is 0.812. The Morgan fingerprint density at radius 1 is 1.32 bits per heavy atom. The summed E-state index contributed by atoms with van der Waals surface area (Å²) in [5, 5.41) is 7.21. The highest BCUT2D eigenvalue weighted by molar-refractivity contribution is 7.09. The highest BCUT2D eigenvalue weighted by atomic mass is 32.1. The Morgan fingerprint density at radius 3 is 2.89 bits per heavy atom. The molecule has 1 aromatic rings. The first-order valence-corrected chi connectivity index (χ1v) is 8.86. The van der Waals surface area contributed by atoms with Gasteiger partial charge in [-0.3, -0.25) is 0 Å². The fourth-order valence-electron chi connectivity index (χ4n) is 3.30. The van der Waals surface area contributed by atoms with Crippen LogP contribution in [0.15, 0.2) is 11.6 Å². The zero-order valence-corrected chi connectivity index (χ0v) is 13.2. The monoisotopic (exact) mass is 280 g/mol. The maximum Gasteiger partial charge on any atom is 0.109 e. The third-order valence-corrected chi connectivity index (χ3v) is 5.27. The largest absolute Gasteiger partial charge is 0.305 e. The van der Waals surface area contributed by atoms with Crippen molar-refractivity contribution in [1.82, 2.24) is 10.3 Å². The number of aromatic nitrogens is 1. The number of thiazole rings is 1. The van der Waals surface area contributed by atoms with Crippen molar-refractivity contribution in [3.05, 3.63) is 16.6 Å². The standard InChI is InChI=1S/C16H28N2S/c1-3-6-13-7-5-8-14(10-9-13)18-15(4-2)16-17-11-12-19-16/h11-15,18H,3-10H2,1-2H3. The third-order valence-electron chi connectivity index (χ3n) is 4.38. The second-order valence-electron chi connectivity index (χ2n) is 5.86. The van der Waals surface area contributed by atoms with E-state index in [4.69, 9.17) is 0 Å². The molecule has 108 valence electrons. The van der Waals surface area contributed by atoms with Crippen molar-refractivity contribution in [2.75, 3.05) is 0 Å². The molecular formula is C16H28N2S. The van der Waals surface area contributed by atoms with Gasteiger partial charge in [-0.25, -0.2) is 4.98 Å². The lowest BCUT2D eigenvalue weighted by Crippen LogP contribution is -2.32. The summed E-state index contributed by atoms with van der Waals surface area (Å²) >= 11 is 1.78. The molecule has 19 heavy (non-hydrogen) atoms. The van der Waals surface area contributed by atoms with Crippen LogP contribution in [0.1, 0.15) is 76.3 Å². The van der Waals surface area contributed by atoms with E-state index in [-0.39, 0.29) is 0 Å².